The molecule has 0 aromatic heterocycles. The molecular weight excluding hydrogens is 260 g/mol. The van der Waals surface area contributed by atoms with E-state index in [9.17, 15) is 9.59 Å². The molecule has 1 rings (SSSR count). The Hall–Kier alpha value is -1.44. The van der Waals surface area contributed by atoms with Crippen LogP contribution < -0.4 is 0 Å². The Balaban J connectivity index is 2.87. The Morgan fingerprint density at radius 2 is 1.52 bits per heavy atom. The van der Waals surface area contributed by atoms with Crippen LogP contribution in [0.3, 0.4) is 0 Å². The number of hydrogen-bond donors (Lipinski definition) is 0. The summed E-state index contributed by atoms with van der Waals surface area (Å²) in [5.41, 5.74) is 2.46. The second-order valence-electron chi connectivity index (χ2n) is 6.58. The second kappa shape index (κ2) is 8.11. The van der Waals surface area contributed by atoms with Crippen LogP contribution in [-0.4, -0.2) is 12.1 Å². The van der Waals surface area contributed by atoms with Gasteiger partial charge in [0, 0.05) is 18.3 Å². The third-order valence-electron chi connectivity index (χ3n) is 4.23. The number of hydrogen-bond acceptors (Lipinski definition) is 2. The molecule has 21 heavy (non-hydrogen) atoms. The summed E-state index contributed by atoms with van der Waals surface area (Å²) in [4.78, 5) is 23.0. The predicted octanol–water partition coefficient (Wildman–Crippen LogP) is 4.73. The van der Waals surface area contributed by atoms with Gasteiger partial charge in [0.1, 0.15) is 12.1 Å². The molecule has 2 atom stereocenters. The van der Waals surface area contributed by atoms with Crippen molar-refractivity contribution in [1.29, 1.82) is 0 Å². The monoisotopic (exact) mass is 288 g/mol. The summed E-state index contributed by atoms with van der Waals surface area (Å²) in [6, 6.07) is 8.49. The average Bonchev–Trinajstić information content (AvgIpc) is 2.47. The molecular formula is C19H28O2. The minimum atomic E-state index is -0.0603. The Labute approximate surface area is 128 Å². The number of aldehydes is 1. The fourth-order valence-corrected chi connectivity index (χ4v) is 2.54. The summed E-state index contributed by atoms with van der Waals surface area (Å²) in [6.07, 6.45) is 2.30. The Morgan fingerprint density at radius 1 is 1.00 bits per heavy atom. The van der Waals surface area contributed by atoms with Crippen LogP contribution in [0.15, 0.2) is 24.3 Å². The maximum absolute atomic E-state index is 11.8. The molecule has 0 radical (unpaired) electrons. The fourth-order valence-electron chi connectivity index (χ4n) is 2.54. The van der Waals surface area contributed by atoms with E-state index in [1.54, 1.807) is 0 Å². The molecule has 0 aliphatic carbocycles. The quantitative estimate of drug-likeness (QED) is 0.648. The van der Waals surface area contributed by atoms with Crippen molar-refractivity contribution in [2.24, 2.45) is 11.8 Å². The van der Waals surface area contributed by atoms with Crippen molar-refractivity contribution in [2.75, 3.05) is 0 Å². The molecule has 0 heterocycles. The van der Waals surface area contributed by atoms with Gasteiger partial charge in [-0.15, -0.1) is 0 Å². The van der Waals surface area contributed by atoms with Crippen LogP contribution in [0.25, 0.3) is 0 Å². The van der Waals surface area contributed by atoms with Gasteiger partial charge in [0.2, 0.25) is 0 Å². The molecule has 0 fully saturated rings. The van der Waals surface area contributed by atoms with Gasteiger partial charge in [0.25, 0.3) is 0 Å². The van der Waals surface area contributed by atoms with Crippen molar-refractivity contribution < 1.29 is 9.59 Å². The predicted molar refractivity (Wildman–Crippen MR) is 87.6 cm³/mol. The lowest BCUT2D eigenvalue weighted by Gasteiger charge is -2.21. The van der Waals surface area contributed by atoms with Crippen LogP contribution in [0.4, 0.5) is 0 Å². The molecule has 116 valence electrons. The molecule has 0 spiro atoms. The van der Waals surface area contributed by atoms with Crippen LogP contribution in [0.5, 0.6) is 0 Å². The highest BCUT2D eigenvalue weighted by Crippen LogP contribution is 2.30. The van der Waals surface area contributed by atoms with Crippen molar-refractivity contribution in [2.45, 2.75) is 59.3 Å². The summed E-state index contributed by atoms with van der Waals surface area (Å²) >= 11 is 0. The van der Waals surface area contributed by atoms with Crippen LogP contribution in [0.2, 0.25) is 0 Å². The lowest BCUT2D eigenvalue weighted by atomic mass is 9.82. The van der Waals surface area contributed by atoms with Gasteiger partial charge in [-0.25, -0.2) is 0 Å². The molecule has 0 amide bonds. The van der Waals surface area contributed by atoms with E-state index in [1.807, 2.05) is 20.8 Å². The number of benzene rings is 1. The molecule has 0 saturated heterocycles. The SMILES string of the molecule is CC(C)C(=O)CCC(c1ccc(C(C)C)cc1)C(C)C=O. The summed E-state index contributed by atoms with van der Waals surface area (Å²) in [5.74, 6) is 0.919. The van der Waals surface area contributed by atoms with E-state index >= 15 is 0 Å². The number of rotatable bonds is 8. The van der Waals surface area contributed by atoms with Gasteiger partial charge in [-0.3, -0.25) is 4.79 Å². The van der Waals surface area contributed by atoms with E-state index in [0.717, 1.165) is 18.3 Å². The van der Waals surface area contributed by atoms with E-state index < -0.39 is 0 Å². The largest absolute Gasteiger partial charge is 0.303 e. The van der Waals surface area contributed by atoms with Gasteiger partial charge in [0.05, 0.1) is 0 Å². The van der Waals surface area contributed by atoms with Crippen LogP contribution >= 0.6 is 0 Å². The van der Waals surface area contributed by atoms with E-state index in [2.05, 4.69) is 38.1 Å². The van der Waals surface area contributed by atoms with Gasteiger partial charge in [-0.05, 0) is 29.4 Å². The van der Waals surface area contributed by atoms with E-state index in [4.69, 9.17) is 0 Å². The van der Waals surface area contributed by atoms with Gasteiger partial charge in [-0.1, -0.05) is 58.9 Å². The number of Topliss-reactive ketones (excluding diaryl/α,β-unsaturated/α-hetero) is 1. The molecule has 0 aliphatic heterocycles. The van der Waals surface area contributed by atoms with Crippen molar-refractivity contribution in [1.82, 2.24) is 0 Å². The summed E-state index contributed by atoms with van der Waals surface area (Å²) < 4.78 is 0. The molecule has 0 bridgehead atoms. The van der Waals surface area contributed by atoms with Crippen molar-refractivity contribution in [3.05, 3.63) is 35.4 Å². The molecule has 2 heteroatoms. The molecule has 0 saturated carbocycles. The fraction of sp³-hybridized carbons (Fsp3) is 0.579. The third-order valence-corrected chi connectivity index (χ3v) is 4.23. The maximum Gasteiger partial charge on any atom is 0.135 e. The number of ketones is 1. The molecule has 1 aromatic carbocycles. The molecule has 2 unspecified atom stereocenters. The maximum atomic E-state index is 11.8. The van der Waals surface area contributed by atoms with E-state index in [1.165, 1.54) is 5.56 Å². The highest BCUT2D eigenvalue weighted by atomic mass is 16.1. The Morgan fingerprint density at radius 3 is 1.95 bits per heavy atom. The first-order chi connectivity index (χ1) is 9.86. The van der Waals surface area contributed by atoms with Crippen LogP contribution in [0, 0.1) is 11.8 Å². The molecule has 2 nitrogen and oxygen atoms in total. The first kappa shape index (κ1) is 17.6. The molecule has 0 N–H and O–H groups in total. The minimum Gasteiger partial charge on any atom is -0.303 e. The van der Waals surface area contributed by atoms with Gasteiger partial charge in [-0.2, -0.15) is 0 Å². The summed E-state index contributed by atoms with van der Waals surface area (Å²) in [5, 5.41) is 0. The minimum absolute atomic E-state index is 0.0603. The number of carbonyl (C=O) groups excluding carboxylic acids is 2. The first-order valence-corrected chi connectivity index (χ1v) is 7.94. The number of carbonyl (C=O) groups is 2. The smallest absolute Gasteiger partial charge is 0.135 e. The van der Waals surface area contributed by atoms with Crippen molar-refractivity contribution in [3.63, 3.8) is 0 Å². The Kier molecular flexibility index (Phi) is 6.80. The average molecular weight is 288 g/mol. The van der Waals surface area contributed by atoms with Crippen LogP contribution in [0.1, 0.15) is 70.4 Å². The first-order valence-electron chi connectivity index (χ1n) is 7.94. The molecule has 0 aliphatic rings. The van der Waals surface area contributed by atoms with Crippen molar-refractivity contribution >= 4 is 12.1 Å². The lowest BCUT2D eigenvalue weighted by Crippen LogP contribution is -2.15. The third kappa shape index (κ3) is 5.11. The Bertz CT molecular complexity index is 457. The summed E-state index contributed by atoms with van der Waals surface area (Å²) in [6.45, 7) is 10.1. The van der Waals surface area contributed by atoms with Gasteiger partial charge >= 0.3 is 0 Å². The summed E-state index contributed by atoms with van der Waals surface area (Å²) in [7, 11) is 0. The zero-order valence-corrected chi connectivity index (χ0v) is 13.9. The zero-order chi connectivity index (χ0) is 16.0. The van der Waals surface area contributed by atoms with Crippen LogP contribution in [-0.2, 0) is 9.59 Å². The lowest BCUT2D eigenvalue weighted by molar-refractivity contribution is -0.122. The van der Waals surface area contributed by atoms with Gasteiger partial charge < -0.3 is 4.79 Å². The van der Waals surface area contributed by atoms with Crippen molar-refractivity contribution in [3.8, 4) is 0 Å². The van der Waals surface area contributed by atoms with E-state index in [0.29, 0.717) is 12.3 Å². The van der Waals surface area contributed by atoms with Gasteiger partial charge in [0.15, 0.2) is 0 Å². The zero-order valence-electron chi connectivity index (χ0n) is 13.9. The normalized spacial score (nSPS) is 14.2. The van der Waals surface area contributed by atoms with E-state index in [-0.39, 0.29) is 23.5 Å². The second-order valence-corrected chi connectivity index (χ2v) is 6.58. The highest BCUT2D eigenvalue weighted by Gasteiger charge is 2.21. The topological polar surface area (TPSA) is 34.1 Å². The standard InChI is InChI=1S/C19H28O2/c1-13(2)16-6-8-17(9-7-16)18(15(5)12-20)10-11-19(21)14(3)4/h6-9,12-15,18H,10-11H2,1-5H3. The highest BCUT2D eigenvalue weighted by molar-refractivity contribution is 5.80. The molecule has 1 aromatic rings.